The van der Waals surface area contributed by atoms with E-state index in [0.717, 1.165) is 21.7 Å². The van der Waals surface area contributed by atoms with E-state index in [2.05, 4.69) is 15.6 Å². The highest BCUT2D eigenvalue weighted by atomic mass is 32.1. The number of nitrogens with zero attached hydrogens (tertiary/aromatic N) is 2. The molecule has 8 heteroatoms. The first-order chi connectivity index (χ1) is 14.2. The van der Waals surface area contributed by atoms with Crippen molar-refractivity contribution in [1.29, 1.82) is 0 Å². The van der Waals surface area contributed by atoms with Gasteiger partial charge in [0, 0.05) is 17.8 Å². The van der Waals surface area contributed by atoms with Crippen LogP contribution in [0.4, 0.5) is 0 Å². The van der Waals surface area contributed by atoms with Crippen LogP contribution < -0.4 is 10.6 Å². The fourth-order valence-electron chi connectivity index (χ4n) is 3.07. The molecule has 0 fully saturated rings. The summed E-state index contributed by atoms with van der Waals surface area (Å²) in [6, 6.07) is 14.9. The standard InChI is InChI=1S/C21H20N4O3S/c26-20(23-13-15-5-4-12-29-15)14-25-17-7-2-1-6-16(17)24-19(25)9-10-22-21(27)18-8-3-11-28-18/h1-8,11-12H,9-10,13-14H2,(H,22,27)(H,23,26). The zero-order chi connectivity index (χ0) is 20.1. The van der Waals surface area contributed by atoms with E-state index in [1.165, 1.54) is 6.26 Å². The van der Waals surface area contributed by atoms with Crippen molar-refractivity contribution in [1.82, 2.24) is 20.2 Å². The van der Waals surface area contributed by atoms with Crippen molar-refractivity contribution in [2.24, 2.45) is 0 Å². The third-order valence-corrected chi connectivity index (χ3v) is 5.33. The van der Waals surface area contributed by atoms with Gasteiger partial charge in [0.05, 0.1) is 23.8 Å². The highest BCUT2D eigenvalue weighted by Gasteiger charge is 2.14. The van der Waals surface area contributed by atoms with Gasteiger partial charge in [-0.25, -0.2) is 4.98 Å². The van der Waals surface area contributed by atoms with Crippen LogP contribution in [0.3, 0.4) is 0 Å². The number of para-hydroxylation sites is 2. The van der Waals surface area contributed by atoms with Crippen molar-refractivity contribution in [2.75, 3.05) is 6.54 Å². The van der Waals surface area contributed by atoms with Crippen LogP contribution in [0.25, 0.3) is 11.0 Å². The maximum atomic E-state index is 12.5. The summed E-state index contributed by atoms with van der Waals surface area (Å²) in [5.41, 5.74) is 1.72. The Morgan fingerprint density at radius 1 is 1.07 bits per heavy atom. The molecule has 0 aliphatic carbocycles. The van der Waals surface area contributed by atoms with Gasteiger partial charge in [0.25, 0.3) is 5.91 Å². The number of fused-ring (bicyclic) bond motifs is 1. The molecule has 0 saturated carbocycles. The Kier molecular flexibility index (Phi) is 5.71. The number of benzene rings is 1. The van der Waals surface area contributed by atoms with Crippen LogP contribution in [0.1, 0.15) is 21.3 Å². The number of hydrogen-bond acceptors (Lipinski definition) is 5. The lowest BCUT2D eigenvalue weighted by Gasteiger charge is -2.10. The van der Waals surface area contributed by atoms with Gasteiger partial charge in [-0.05, 0) is 35.7 Å². The molecule has 1 aromatic carbocycles. The second kappa shape index (κ2) is 8.74. The van der Waals surface area contributed by atoms with Crippen LogP contribution in [-0.4, -0.2) is 27.9 Å². The molecule has 4 aromatic rings. The van der Waals surface area contributed by atoms with Crippen LogP contribution >= 0.6 is 11.3 Å². The maximum absolute atomic E-state index is 12.5. The van der Waals surface area contributed by atoms with Gasteiger partial charge in [-0.15, -0.1) is 11.3 Å². The number of thiophene rings is 1. The Bertz CT molecular complexity index is 1100. The van der Waals surface area contributed by atoms with E-state index in [1.807, 2.05) is 46.3 Å². The quantitative estimate of drug-likeness (QED) is 0.469. The third kappa shape index (κ3) is 4.55. The highest BCUT2D eigenvalue weighted by molar-refractivity contribution is 7.09. The minimum atomic E-state index is -0.272. The molecule has 0 saturated heterocycles. The van der Waals surface area contributed by atoms with E-state index < -0.39 is 0 Å². The molecule has 0 aliphatic rings. The second-order valence-corrected chi connectivity index (χ2v) is 7.47. The summed E-state index contributed by atoms with van der Waals surface area (Å²) in [5.74, 6) is 0.664. The zero-order valence-corrected chi connectivity index (χ0v) is 16.4. The van der Waals surface area contributed by atoms with Gasteiger partial charge in [-0.2, -0.15) is 0 Å². The van der Waals surface area contributed by atoms with Gasteiger partial charge in [0.15, 0.2) is 5.76 Å². The summed E-state index contributed by atoms with van der Waals surface area (Å²) in [6.45, 7) is 1.07. The van der Waals surface area contributed by atoms with Gasteiger partial charge < -0.3 is 19.6 Å². The summed E-state index contributed by atoms with van der Waals surface area (Å²) >= 11 is 1.61. The number of carbonyl (C=O) groups excluding carboxylic acids is 2. The summed E-state index contributed by atoms with van der Waals surface area (Å²) < 4.78 is 7.00. The number of aromatic nitrogens is 2. The first kappa shape index (κ1) is 18.9. The zero-order valence-electron chi connectivity index (χ0n) is 15.6. The topological polar surface area (TPSA) is 89.2 Å². The summed E-state index contributed by atoms with van der Waals surface area (Å²) in [5, 5.41) is 7.75. The molecule has 148 valence electrons. The molecular formula is C21H20N4O3S. The average molecular weight is 408 g/mol. The van der Waals surface area contributed by atoms with E-state index in [0.29, 0.717) is 19.5 Å². The molecule has 0 bridgehead atoms. The predicted molar refractivity (Wildman–Crippen MR) is 111 cm³/mol. The lowest BCUT2D eigenvalue weighted by Crippen LogP contribution is -2.29. The molecule has 29 heavy (non-hydrogen) atoms. The normalized spacial score (nSPS) is 10.9. The molecule has 0 spiro atoms. The summed E-state index contributed by atoms with van der Waals surface area (Å²) in [4.78, 5) is 30.3. The lowest BCUT2D eigenvalue weighted by molar-refractivity contribution is -0.121. The Balaban J connectivity index is 1.43. The van der Waals surface area contributed by atoms with Crippen molar-refractivity contribution in [3.63, 3.8) is 0 Å². The minimum Gasteiger partial charge on any atom is -0.459 e. The van der Waals surface area contributed by atoms with E-state index in [4.69, 9.17) is 4.42 Å². The number of nitrogens with one attached hydrogen (secondary N) is 2. The van der Waals surface area contributed by atoms with Crippen molar-refractivity contribution >= 4 is 34.2 Å². The first-order valence-corrected chi connectivity index (χ1v) is 10.1. The number of imidazole rings is 1. The molecule has 0 unspecified atom stereocenters. The molecule has 2 amide bonds. The van der Waals surface area contributed by atoms with Crippen LogP contribution in [-0.2, 0) is 24.3 Å². The molecule has 0 aliphatic heterocycles. The number of rotatable bonds is 8. The van der Waals surface area contributed by atoms with Crippen LogP contribution in [0.5, 0.6) is 0 Å². The van der Waals surface area contributed by atoms with E-state index in [1.54, 1.807) is 23.5 Å². The molecule has 3 aromatic heterocycles. The number of carbonyl (C=O) groups is 2. The Morgan fingerprint density at radius 2 is 1.97 bits per heavy atom. The fraction of sp³-hybridized carbons (Fsp3) is 0.190. The SMILES string of the molecule is O=C(Cn1c(CCNC(=O)c2ccco2)nc2ccccc21)NCc1cccs1. The fourth-order valence-corrected chi connectivity index (χ4v) is 3.72. The lowest BCUT2D eigenvalue weighted by atomic mass is 10.3. The number of amides is 2. The van der Waals surface area contributed by atoms with E-state index >= 15 is 0 Å². The van der Waals surface area contributed by atoms with Crippen molar-refractivity contribution in [3.05, 3.63) is 76.6 Å². The second-order valence-electron chi connectivity index (χ2n) is 6.44. The third-order valence-electron chi connectivity index (χ3n) is 4.45. The van der Waals surface area contributed by atoms with E-state index in [9.17, 15) is 9.59 Å². The van der Waals surface area contributed by atoms with Gasteiger partial charge in [-0.3, -0.25) is 9.59 Å². The largest absolute Gasteiger partial charge is 0.459 e. The van der Waals surface area contributed by atoms with Crippen molar-refractivity contribution in [2.45, 2.75) is 19.5 Å². The monoisotopic (exact) mass is 408 g/mol. The Morgan fingerprint density at radius 3 is 2.76 bits per heavy atom. The molecule has 3 heterocycles. The minimum absolute atomic E-state index is 0.0811. The molecule has 0 radical (unpaired) electrons. The van der Waals surface area contributed by atoms with Gasteiger partial charge >= 0.3 is 0 Å². The van der Waals surface area contributed by atoms with Gasteiger partial charge in [0.2, 0.25) is 5.91 Å². The Hall–Kier alpha value is -3.39. The van der Waals surface area contributed by atoms with Crippen LogP contribution in [0, 0.1) is 0 Å². The molecule has 0 atom stereocenters. The van der Waals surface area contributed by atoms with Crippen LogP contribution in [0.15, 0.2) is 64.6 Å². The molecule has 7 nitrogen and oxygen atoms in total. The molecule has 4 rings (SSSR count). The van der Waals surface area contributed by atoms with Crippen molar-refractivity contribution < 1.29 is 14.0 Å². The Labute approximate surface area is 171 Å². The van der Waals surface area contributed by atoms with Gasteiger partial charge in [-0.1, -0.05) is 18.2 Å². The number of furan rings is 1. The summed E-state index contributed by atoms with van der Waals surface area (Å²) in [7, 11) is 0. The van der Waals surface area contributed by atoms with Crippen LogP contribution in [0.2, 0.25) is 0 Å². The van der Waals surface area contributed by atoms with Crippen molar-refractivity contribution in [3.8, 4) is 0 Å². The smallest absolute Gasteiger partial charge is 0.286 e. The highest BCUT2D eigenvalue weighted by Crippen LogP contribution is 2.16. The average Bonchev–Trinajstić information content (AvgIpc) is 3.48. The predicted octanol–water partition coefficient (Wildman–Crippen LogP) is 2.98. The number of hydrogen-bond donors (Lipinski definition) is 2. The molecular weight excluding hydrogens is 388 g/mol. The molecule has 2 N–H and O–H groups in total. The summed E-state index contributed by atoms with van der Waals surface area (Å²) in [6.07, 6.45) is 1.96. The van der Waals surface area contributed by atoms with E-state index in [-0.39, 0.29) is 24.1 Å². The first-order valence-electron chi connectivity index (χ1n) is 9.25. The maximum Gasteiger partial charge on any atom is 0.286 e. The van der Waals surface area contributed by atoms with Gasteiger partial charge in [0.1, 0.15) is 12.4 Å².